The lowest BCUT2D eigenvalue weighted by molar-refractivity contribution is 0.583. The lowest BCUT2D eigenvalue weighted by Gasteiger charge is -2.09. The van der Waals surface area contributed by atoms with Crippen molar-refractivity contribution in [2.24, 2.45) is 5.92 Å². The third-order valence-corrected chi connectivity index (χ3v) is 4.06. The highest BCUT2D eigenvalue weighted by atomic mass is 79.9. The van der Waals surface area contributed by atoms with E-state index in [2.05, 4.69) is 32.8 Å². The van der Waals surface area contributed by atoms with E-state index in [9.17, 15) is 4.79 Å². The Balaban J connectivity index is 2.34. The minimum absolute atomic E-state index is 0.0583. The number of hydrogen-bond donors (Lipinski definition) is 1. The normalized spacial score (nSPS) is 25.8. The highest BCUT2D eigenvalue weighted by Gasteiger charge is 2.25. The van der Waals surface area contributed by atoms with Gasteiger partial charge in [-0.05, 0) is 48.0 Å². The Bertz CT molecular complexity index is 427. The van der Waals surface area contributed by atoms with Crippen LogP contribution in [0.2, 0.25) is 0 Å². The summed E-state index contributed by atoms with van der Waals surface area (Å²) >= 11 is 3.23. The highest BCUT2D eigenvalue weighted by Crippen LogP contribution is 2.36. The smallest absolute Gasteiger partial charge is 0.265 e. The van der Waals surface area contributed by atoms with Crippen LogP contribution in [0.4, 0.5) is 0 Å². The van der Waals surface area contributed by atoms with Gasteiger partial charge in [-0.3, -0.25) is 4.79 Å². The molecular weight excluding hydrogens is 256 g/mol. The third kappa shape index (κ3) is 2.14. The number of aryl methyl sites for hydroxylation is 1. The highest BCUT2D eigenvalue weighted by molar-refractivity contribution is 9.10. The summed E-state index contributed by atoms with van der Waals surface area (Å²) in [6.07, 6.45) is 3.53. The SMILES string of the molecule is Cc1nc(C2CCC(C)C2)[nH]c(=O)c1Br. The van der Waals surface area contributed by atoms with Crippen molar-refractivity contribution in [2.75, 3.05) is 0 Å². The van der Waals surface area contributed by atoms with E-state index in [0.29, 0.717) is 10.4 Å². The van der Waals surface area contributed by atoms with Gasteiger partial charge < -0.3 is 4.98 Å². The first-order chi connectivity index (χ1) is 7.08. The second kappa shape index (κ2) is 4.08. The predicted octanol–water partition coefficient (Wildman–Crippen LogP) is 2.74. The molecular formula is C11H15BrN2O. The van der Waals surface area contributed by atoms with Crippen molar-refractivity contribution in [3.63, 3.8) is 0 Å². The Morgan fingerprint density at radius 1 is 1.47 bits per heavy atom. The maximum absolute atomic E-state index is 11.6. The van der Waals surface area contributed by atoms with Gasteiger partial charge in [0.25, 0.3) is 5.56 Å². The summed E-state index contributed by atoms with van der Waals surface area (Å²) in [6.45, 7) is 4.12. The van der Waals surface area contributed by atoms with E-state index in [4.69, 9.17) is 0 Å². The average molecular weight is 271 g/mol. The molecule has 0 saturated heterocycles. The van der Waals surface area contributed by atoms with E-state index in [-0.39, 0.29) is 5.56 Å². The zero-order valence-corrected chi connectivity index (χ0v) is 10.6. The first-order valence-electron chi connectivity index (χ1n) is 5.34. The van der Waals surface area contributed by atoms with E-state index in [0.717, 1.165) is 30.3 Å². The Labute approximate surface area is 97.4 Å². The molecule has 1 aliphatic carbocycles. The Morgan fingerprint density at radius 2 is 2.20 bits per heavy atom. The number of halogens is 1. The molecule has 2 rings (SSSR count). The molecule has 1 aromatic rings. The molecule has 1 fully saturated rings. The van der Waals surface area contributed by atoms with Gasteiger partial charge in [-0.15, -0.1) is 0 Å². The van der Waals surface area contributed by atoms with Crippen LogP contribution in [0.1, 0.15) is 43.6 Å². The van der Waals surface area contributed by atoms with Crippen LogP contribution in [-0.2, 0) is 0 Å². The molecule has 1 aromatic heterocycles. The van der Waals surface area contributed by atoms with Crippen LogP contribution in [-0.4, -0.2) is 9.97 Å². The number of hydrogen-bond acceptors (Lipinski definition) is 2. The summed E-state index contributed by atoms with van der Waals surface area (Å²) in [5, 5.41) is 0. The van der Waals surface area contributed by atoms with Gasteiger partial charge in [0.2, 0.25) is 0 Å². The number of H-pyrrole nitrogens is 1. The second-order valence-electron chi connectivity index (χ2n) is 4.47. The first kappa shape index (κ1) is 10.9. The van der Waals surface area contributed by atoms with Crippen molar-refractivity contribution in [3.8, 4) is 0 Å². The molecule has 1 N–H and O–H groups in total. The number of nitrogens with zero attached hydrogens (tertiary/aromatic N) is 1. The quantitative estimate of drug-likeness (QED) is 0.853. The number of aromatic nitrogens is 2. The van der Waals surface area contributed by atoms with E-state index < -0.39 is 0 Å². The summed E-state index contributed by atoms with van der Waals surface area (Å²) in [5.74, 6) is 2.06. The molecule has 1 saturated carbocycles. The van der Waals surface area contributed by atoms with Gasteiger partial charge in [-0.1, -0.05) is 6.92 Å². The van der Waals surface area contributed by atoms with Gasteiger partial charge in [-0.2, -0.15) is 0 Å². The minimum Gasteiger partial charge on any atom is -0.309 e. The lowest BCUT2D eigenvalue weighted by atomic mass is 10.1. The van der Waals surface area contributed by atoms with E-state index in [1.54, 1.807) is 0 Å². The molecule has 4 heteroatoms. The summed E-state index contributed by atoms with van der Waals surface area (Å²) < 4.78 is 0.553. The molecule has 0 aromatic carbocycles. The van der Waals surface area contributed by atoms with Gasteiger partial charge in [0, 0.05) is 5.92 Å². The number of rotatable bonds is 1. The van der Waals surface area contributed by atoms with Gasteiger partial charge in [0.1, 0.15) is 10.3 Å². The fraction of sp³-hybridized carbons (Fsp3) is 0.636. The molecule has 0 amide bonds. The molecule has 3 nitrogen and oxygen atoms in total. The van der Waals surface area contributed by atoms with Crippen LogP contribution in [0.25, 0.3) is 0 Å². The van der Waals surface area contributed by atoms with E-state index in [1.807, 2.05) is 6.92 Å². The van der Waals surface area contributed by atoms with Crippen LogP contribution < -0.4 is 5.56 Å². The first-order valence-corrected chi connectivity index (χ1v) is 6.13. The van der Waals surface area contributed by atoms with Crippen LogP contribution >= 0.6 is 15.9 Å². The third-order valence-electron chi connectivity index (χ3n) is 3.13. The van der Waals surface area contributed by atoms with Gasteiger partial charge >= 0.3 is 0 Å². The maximum atomic E-state index is 11.6. The van der Waals surface area contributed by atoms with Crippen LogP contribution in [0.15, 0.2) is 9.27 Å². The van der Waals surface area contributed by atoms with Gasteiger partial charge in [-0.25, -0.2) is 4.98 Å². The molecule has 1 heterocycles. The van der Waals surface area contributed by atoms with Crippen molar-refractivity contribution in [1.29, 1.82) is 0 Å². The monoisotopic (exact) mass is 270 g/mol. The molecule has 15 heavy (non-hydrogen) atoms. The van der Waals surface area contributed by atoms with Crippen LogP contribution in [0.3, 0.4) is 0 Å². The molecule has 82 valence electrons. The number of nitrogens with one attached hydrogen (secondary N) is 1. The largest absolute Gasteiger partial charge is 0.309 e. The standard InChI is InChI=1S/C11H15BrN2O/c1-6-3-4-8(5-6)10-13-7(2)9(12)11(15)14-10/h6,8H,3-5H2,1-2H3,(H,13,14,15). The van der Waals surface area contributed by atoms with Gasteiger partial charge in [0.15, 0.2) is 0 Å². The Hall–Kier alpha value is -0.640. The van der Waals surface area contributed by atoms with Crippen LogP contribution in [0.5, 0.6) is 0 Å². The maximum Gasteiger partial charge on any atom is 0.265 e. The summed E-state index contributed by atoms with van der Waals surface area (Å²) in [5.41, 5.74) is 0.727. The molecule has 2 unspecified atom stereocenters. The molecule has 0 radical (unpaired) electrons. The number of aromatic amines is 1. The topological polar surface area (TPSA) is 45.8 Å². The molecule has 0 bridgehead atoms. The molecule has 2 atom stereocenters. The average Bonchev–Trinajstić information content (AvgIpc) is 2.60. The van der Waals surface area contributed by atoms with Crippen molar-refractivity contribution < 1.29 is 0 Å². The van der Waals surface area contributed by atoms with E-state index in [1.165, 1.54) is 6.42 Å². The zero-order valence-electron chi connectivity index (χ0n) is 9.01. The van der Waals surface area contributed by atoms with Crippen molar-refractivity contribution in [3.05, 3.63) is 26.3 Å². The van der Waals surface area contributed by atoms with Crippen molar-refractivity contribution in [1.82, 2.24) is 9.97 Å². The fourth-order valence-corrected chi connectivity index (χ4v) is 2.43. The second-order valence-corrected chi connectivity index (χ2v) is 5.26. The Morgan fingerprint density at radius 3 is 2.73 bits per heavy atom. The van der Waals surface area contributed by atoms with E-state index >= 15 is 0 Å². The lowest BCUT2D eigenvalue weighted by Crippen LogP contribution is -2.16. The Kier molecular flexibility index (Phi) is 2.96. The zero-order chi connectivity index (χ0) is 11.0. The van der Waals surface area contributed by atoms with Crippen molar-refractivity contribution >= 4 is 15.9 Å². The van der Waals surface area contributed by atoms with Crippen molar-refractivity contribution in [2.45, 2.75) is 39.0 Å². The predicted molar refractivity (Wildman–Crippen MR) is 63.1 cm³/mol. The van der Waals surface area contributed by atoms with Crippen LogP contribution in [0, 0.1) is 12.8 Å². The minimum atomic E-state index is -0.0583. The summed E-state index contributed by atoms with van der Waals surface area (Å²) in [6, 6.07) is 0. The molecule has 0 aliphatic heterocycles. The molecule has 1 aliphatic rings. The summed E-state index contributed by atoms with van der Waals surface area (Å²) in [4.78, 5) is 18.9. The van der Waals surface area contributed by atoms with Gasteiger partial charge in [0.05, 0.1) is 5.69 Å². The summed E-state index contributed by atoms with van der Waals surface area (Å²) in [7, 11) is 0. The fourth-order valence-electron chi connectivity index (χ4n) is 2.24. The molecule has 0 spiro atoms.